The van der Waals surface area contributed by atoms with E-state index in [9.17, 15) is 19.7 Å². The summed E-state index contributed by atoms with van der Waals surface area (Å²) < 4.78 is 4.65. The van der Waals surface area contributed by atoms with Crippen LogP contribution >= 0.6 is 0 Å². The number of carbonyl (C=O) groups is 2. The Balaban J connectivity index is 1.62. The van der Waals surface area contributed by atoms with Gasteiger partial charge in [0.2, 0.25) is 0 Å². The number of pyridine rings is 1. The van der Waals surface area contributed by atoms with Gasteiger partial charge in [0.15, 0.2) is 0 Å². The van der Waals surface area contributed by atoms with Crippen LogP contribution in [-0.4, -0.2) is 71.4 Å². The van der Waals surface area contributed by atoms with Crippen LogP contribution in [0.2, 0.25) is 0 Å². The van der Waals surface area contributed by atoms with E-state index in [0.29, 0.717) is 0 Å². The van der Waals surface area contributed by atoms with Crippen LogP contribution in [0.1, 0.15) is 39.3 Å². The molecule has 1 aromatic carbocycles. The first-order valence-electron chi connectivity index (χ1n) is 10.2. The minimum absolute atomic E-state index is 0.0159. The van der Waals surface area contributed by atoms with Gasteiger partial charge in [0.05, 0.1) is 17.6 Å². The summed E-state index contributed by atoms with van der Waals surface area (Å²) in [6.45, 7) is 2.63. The van der Waals surface area contributed by atoms with Crippen LogP contribution in [0.15, 0.2) is 42.6 Å². The van der Waals surface area contributed by atoms with Crippen LogP contribution < -0.4 is 0 Å². The van der Waals surface area contributed by atoms with Crippen molar-refractivity contribution in [3.05, 3.63) is 69.5 Å². The number of nitro groups is 1. The van der Waals surface area contributed by atoms with E-state index < -0.39 is 10.9 Å². The highest BCUT2D eigenvalue weighted by molar-refractivity contribution is 5.99. The molecule has 1 fully saturated rings. The zero-order valence-electron chi connectivity index (χ0n) is 17.7. The Morgan fingerprint density at radius 1 is 1.23 bits per heavy atom. The molecular weight excluding hydrogens is 400 g/mol. The van der Waals surface area contributed by atoms with Crippen LogP contribution in [0.4, 0.5) is 5.69 Å². The van der Waals surface area contributed by atoms with Crippen molar-refractivity contribution in [2.45, 2.75) is 25.3 Å². The number of non-ortho nitro benzene ring substituents is 1. The van der Waals surface area contributed by atoms with Gasteiger partial charge >= 0.3 is 5.97 Å². The van der Waals surface area contributed by atoms with Gasteiger partial charge in [0.1, 0.15) is 0 Å². The van der Waals surface area contributed by atoms with E-state index in [4.69, 9.17) is 0 Å². The number of amides is 1. The van der Waals surface area contributed by atoms with Gasteiger partial charge in [0, 0.05) is 68.7 Å². The molecule has 1 aromatic heterocycles. The fourth-order valence-electron chi connectivity index (χ4n) is 3.79. The van der Waals surface area contributed by atoms with Crippen molar-refractivity contribution in [1.82, 2.24) is 14.8 Å². The van der Waals surface area contributed by atoms with E-state index in [0.717, 1.165) is 50.7 Å². The molecule has 0 N–H and O–H groups in total. The van der Waals surface area contributed by atoms with Gasteiger partial charge in [-0.1, -0.05) is 6.07 Å². The minimum Gasteiger partial charge on any atom is -0.465 e. The molecule has 1 aliphatic rings. The number of hydrogen-bond acceptors (Lipinski definition) is 7. The molecule has 0 aliphatic carbocycles. The molecule has 164 valence electrons. The molecule has 0 saturated carbocycles. The van der Waals surface area contributed by atoms with Gasteiger partial charge in [-0.05, 0) is 31.0 Å². The first kappa shape index (κ1) is 22.4. The Hall–Kier alpha value is -3.33. The van der Waals surface area contributed by atoms with E-state index >= 15 is 0 Å². The molecular formula is C22H26N4O5. The van der Waals surface area contributed by atoms with Gasteiger partial charge in [-0.25, -0.2) is 4.79 Å². The van der Waals surface area contributed by atoms with Crippen molar-refractivity contribution in [3.8, 4) is 0 Å². The molecule has 0 unspecified atom stereocenters. The molecule has 31 heavy (non-hydrogen) atoms. The number of esters is 1. The first-order valence-corrected chi connectivity index (χ1v) is 10.2. The molecule has 1 saturated heterocycles. The minimum atomic E-state index is -0.721. The van der Waals surface area contributed by atoms with Crippen molar-refractivity contribution < 1.29 is 19.2 Å². The van der Waals surface area contributed by atoms with Crippen LogP contribution in [-0.2, 0) is 11.2 Å². The third-order valence-corrected chi connectivity index (χ3v) is 5.63. The summed E-state index contributed by atoms with van der Waals surface area (Å²) in [7, 11) is 2.89. The average molecular weight is 426 g/mol. The second-order valence-electron chi connectivity index (χ2n) is 7.58. The SMILES string of the molecule is COC(=O)c1cc(C(=O)N(C)C2CCN(CCc3ccccn3)CC2)cc([N+](=O)[O-])c1. The third kappa shape index (κ3) is 5.64. The number of nitro benzene ring substituents is 1. The molecule has 1 amide bonds. The first-order chi connectivity index (χ1) is 14.9. The van der Waals surface area contributed by atoms with Crippen molar-refractivity contribution in [2.24, 2.45) is 0 Å². The number of methoxy groups -OCH3 is 1. The lowest BCUT2D eigenvalue weighted by Crippen LogP contribution is -2.46. The summed E-state index contributed by atoms with van der Waals surface area (Å²) in [6, 6.07) is 9.59. The fraction of sp³-hybridized carbons (Fsp3) is 0.409. The topological polar surface area (TPSA) is 106 Å². The molecule has 0 atom stereocenters. The van der Waals surface area contributed by atoms with Gasteiger partial charge in [0.25, 0.3) is 11.6 Å². The number of carbonyl (C=O) groups excluding carboxylic acids is 2. The van der Waals surface area contributed by atoms with Crippen LogP contribution in [0.25, 0.3) is 0 Å². The average Bonchev–Trinajstić information content (AvgIpc) is 2.81. The maximum Gasteiger partial charge on any atom is 0.338 e. The highest BCUT2D eigenvalue weighted by Gasteiger charge is 2.27. The molecule has 9 nitrogen and oxygen atoms in total. The second-order valence-corrected chi connectivity index (χ2v) is 7.58. The molecule has 1 aliphatic heterocycles. The van der Waals surface area contributed by atoms with E-state index in [1.807, 2.05) is 18.2 Å². The Bertz CT molecular complexity index is 942. The number of ether oxygens (including phenoxy) is 1. The number of aromatic nitrogens is 1. The van der Waals surface area contributed by atoms with Crippen molar-refractivity contribution >= 4 is 17.6 Å². The van der Waals surface area contributed by atoms with E-state index in [1.165, 1.54) is 19.2 Å². The number of hydrogen-bond donors (Lipinski definition) is 0. The molecule has 2 heterocycles. The third-order valence-electron chi connectivity index (χ3n) is 5.63. The predicted octanol–water partition coefficient (Wildman–Crippen LogP) is 2.56. The Morgan fingerprint density at radius 2 is 1.94 bits per heavy atom. The second kappa shape index (κ2) is 10.1. The Labute approximate surface area is 180 Å². The molecule has 0 spiro atoms. The summed E-state index contributed by atoms with van der Waals surface area (Å²) in [6.07, 6.45) is 4.29. The van der Waals surface area contributed by atoms with Gasteiger partial charge in [-0.3, -0.25) is 19.9 Å². The number of piperidine rings is 1. The lowest BCUT2D eigenvalue weighted by molar-refractivity contribution is -0.384. The molecule has 9 heteroatoms. The highest BCUT2D eigenvalue weighted by atomic mass is 16.6. The molecule has 3 rings (SSSR count). The lowest BCUT2D eigenvalue weighted by atomic mass is 10.0. The summed E-state index contributed by atoms with van der Waals surface area (Å²) in [5.41, 5.74) is 0.834. The molecule has 0 radical (unpaired) electrons. The standard InChI is InChI=1S/C22H26N4O5/c1-24(19-7-11-25(12-8-19)10-6-18-5-3-4-9-23-18)21(27)16-13-17(22(28)31-2)15-20(14-16)26(29)30/h3-5,9,13-15,19H,6-8,10-12H2,1-2H3. The maximum absolute atomic E-state index is 13.0. The quantitative estimate of drug-likeness (QED) is 0.380. The van der Waals surface area contributed by atoms with E-state index in [2.05, 4.69) is 14.6 Å². The van der Waals surface area contributed by atoms with E-state index in [-0.39, 0.29) is 28.8 Å². The van der Waals surface area contributed by atoms with Crippen LogP contribution in [0.3, 0.4) is 0 Å². The normalized spacial score (nSPS) is 14.8. The van der Waals surface area contributed by atoms with Gasteiger partial charge in [-0.2, -0.15) is 0 Å². The van der Waals surface area contributed by atoms with Crippen molar-refractivity contribution in [1.29, 1.82) is 0 Å². The van der Waals surface area contributed by atoms with Crippen LogP contribution in [0.5, 0.6) is 0 Å². The summed E-state index contributed by atoms with van der Waals surface area (Å²) >= 11 is 0. The zero-order valence-corrected chi connectivity index (χ0v) is 17.7. The summed E-state index contributed by atoms with van der Waals surface area (Å²) in [5, 5.41) is 11.2. The molecule has 2 aromatic rings. The zero-order chi connectivity index (χ0) is 22.4. The Kier molecular flexibility index (Phi) is 7.30. The number of rotatable bonds is 7. The maximum atomic E-state index is 13.0. The Morgan fingerprint density at radius 3 is 2.55 bits per heavy atom. The smallest absolute Gasteiger partial charge is 0.338 e. The van der Waals surface area contributed by atoms with Crippen molar-refractivity contribution in [2.75, 3.05) is 33.8 Å². The monoisotopic (exact) mass is 426 g/mol. The lowest BCUT2D eigenvalue weighted by Gasteiger charge is -2.36. The van der Waals surface area contributed by atoms with Crippen LogP contribution in [0, 0.1) is 10.1 Å². The number of benzene rings is 1. The molecule has 0 bridgehead atoms. The predicted molar refractivity (Wildman–Crippen MR) is 114 cm³/mol. The summed E-state index contributed by atoms with van der Waals surface area (Å²) in [4.78, 5) is 43.8. The fourth-order valence-corrected chi connectivity index (χ4v) is 3.79. The van der Waals surface area contributed by atoms with Crippen molar-refractivity contribution in [3.63, 3.8) is 0 Å². The largest absolute Gasteiger partial charge is 0.465 e. The van der Waals surface area contributed by atoms with Gasteiger partial charge in [-0.15, -0.1) is 0 Å². The van der Waals surface area contributed by atoms with Gasteiger partial charge < -0.3 is 14.5 Å². The number of nitrogens with zero attached hydrogens (tertiary/aromatic N) is 4. The highest BCUT2D eigenvalue weighted by Crippen LogP contribution is 2.22. The number of likely N-dealkylation sites (tertiary alicyclic amines) is 1. The summed E-state index contributed by atoms with van der Waals surface area (Å²) in [5.74, 6) is -1.07. The van der Waals surface area contributed by atoms with E-state index in [1.54, 1.807) is 18.1 Å².